The van der Waals surface area contributed by atoms with Gasteiger partial charge in [-0.1, -0.05) is 76.6 Å². The van der Waals surface area contributed by atoms with E-state index in [1.165, 1.54) is 6.08 Å². The molecule has 0 aromatic heterocycles. The van der Waals surface area contributed by atoms with Crippen molar-refractivity contribution in [3.8, 4) is 0 Å². The Hall–Kier alpha value is -4.03. The van der Waals surface area contributed by atoms with Gasteiger partial charge < -0.3 is 0 Å². The van der Waals surface area contributed by atoms with E-state index in [1.54, 1.807) is 42.5 Å². The molecule has 4 aromatic carbocycles. The summed E-state index contributed by atoms with van der Waals surface area (Å²) in [6, 6.07) is 26.6. The molecule has 1 fully saturated rings. The zero-order chi connectivity index (χ0) is 23.8. The summed E-state index contributed by atoms with van der Waals surface area (Å²) in [5.41, 5.74) is 2.33. The average molecular weight is 511 g/mol. The highest BCUT2D eigenvalue weighted by molar-refractivity contribution is 9.10. The van der Waals surface area contributed by atoms with E-state index in [-0.39, 0.29) is 5.57 Å². The number of imide groups is 2. The van der Waals surface area contributed by atoms with Crippen LogP contribution >= 0.6 is 15.9 Å². The Labute approximate surface area is 205 Å². The van der Waals surface area contributed by atoms with Crippen LogP contribution in [0.15, 0.2) is 101 Å². The van der Waals surface area contributed by atoms with E-state index in [2.05, 4.69) is 15.9 Å². The van der Waals surface area contributed by atoms with Crippen molar-refractivity contribution in [2.45, 2.75) is 6.92 Å². The first kappa shape index (κ1) is 21.8. The summed E-state index contributed by atoms with van der Waals surface area (Å²) in [6.07, 6.45) is 1.53. The molecule has 0 spiro atoms. The molecule has 1 heterocycles. The summed E-state index contributed by atoms with van der Waals surface area (Å²) in [5.74, 6) is -1.31. The second kappa shape index (κ2) is 8.72. The Morgan fingerprint density at radius 2 is 1.41 bits per heavy atom. The molecule has 0 bridgehead atoms. The van der Waals surface area contributed by atoms with Crippen LogP contribution in [0.25, 0.3) is 16.8 Å². The number of anilines is 2. The number of benzene rings is 4. The van der Waals surface area contributed by atoms with Gasteiger partial charge in [-0.25, -0.2) is 14.6 Å². The number of carbonyl (C=O) groups is 3. The number of hydrogen-bond acceptors (Lipinski definition) is 3. The van der Waals surface area contributed by atoms with Gasteiger partial charge in [0.05, 0.1) is 11.4 Å². The fraction of sp³-hybridized carbons (Fsp3) is 0.0357. The van der Waals surface area contributed by atoms with Crippen molar-refractivity contribution in [2.24, 2.45) is 0 Å². The van der Waals surface area contributed by atoms with Gasteiger partial charge in [-0.3, -0.25) is 9.59 Å². The lowest BCUT2D eigenvalue weighted by Gasteiger charge is -2.34. The van der Waals surface area contributed by atoms with Crippen LogP contribution in [0.4, 0.5) is 16.2 Å². The molecule has 5 nitrogen and oxygen atoms in total. The molecule has 0 atom stereocenters. The Balaban J connectivity index is 1.72. The van der Waals surface area contributed by atoms with E-state index in [1.807, 2.05) is 55.5 Å². The molecule has 0 radical (unpaired) electrons. The van der Waals surface area contributed by atoms with Crippen LogP contribution in [0.2, 0.25) is 0 Å². The van der Waals surface area contributed by atoms with E-state index >= 15 is 0 Å². The van der Waals surface area contributed by atoms with Crippen molar-refractivity contribution in [3.63, 3.8) is 0 Å². The molecule has 1 saturated heterocycles. The topological polar surface area (TPSA) is 57.7 Å². The SMILES string of the molecule is Cc1cccc(N2C(=O)/C(=C\c3ccc(Br)cc3)C(=O)N(c3cccc4ccccc34)C2=O)c1. The van der Waals surface area contributed by atoms with Gasteiger partial charge in [0.25, 0.3) is 11.8 Å². The fourth-order valence-corrected chi connectivity index (χ4v) is 4.33. The van der Waals surface area contributed by atoms with Gasteiger partial charge in [0, 0.05) is 9.86 Å². The third-order valence-corrected chi connectivity index (χ3v) is 6.23. The number of fused-ring (bicyclic) bond motifs is 1. The average Bonchev–Trinajstić information content (AvgIpc) is 2.83. The molecule has 0 unspecified atom stereocenters. The Kier molecular flexibility index (Phi) is 5.59. The van der Waals surface area contributed by atoms with E-state index in [0.717, 1.165) is 30.6 Å². The molecule has 0 N–H and O–H groups in total. The predicted molar refractivity (Wildman–Crippen MR) is 138 cm³/mol. The zero-order valence-corrected chi connectivity index (χ0v) is 19.8. The highest BCUT2D eigenvalue weighted by Crippen LogP contribution is 2.34. The maximum atomic E-state index is 13.7. The number of hydrogen-bond donors (Lipinski definition) is 0. The van der Waals surface area contributed by atoms with Gasteiger partial charge in [0.1, 0.15) is 5.57 Å². The van der Waals surface area contributed by atoms with Crippen molar-refractivity contribution in [1.82, 2.24) is 0 Å². The molecule has 4 aromatic rings. The highest BCUT2D eigenvalue weighted by Gasteiger charge is 2.44. The van der Waals surface area contributed by atoms with Crippen LogP contribution in [0.1, 0.15) is 11.1 Å². The van der Waals surface area contributed by atoms with Crippen LogP contribution in [0.5, 0.6) is 0 Å². The lowest BCUT2D eigenvalue weighted by atomic mass is 10.0. The molecule has 6 heteroatoms. The summed E-state index contributed by atoms with van der Waals surface area (Å²) in [4.78, 5) is 43.1. The standard InChI is InChI=1S/C28H19BrN2O3/c1-18-6-4-9-22(16-18)30-26(32)24(17-19-12-14-21(29)15-13-19)27(33)31(28(30)34)25-11-5-8-20-7-2-3-10-23(20)25/h2-17H,1H3/b24-17+. The van der Waals surface area contributed by atoms with Crippen molar-refractivity contribution < 1.29 is 14.4 Å². The van der Waals surface area contributed by atoms with Crippen LogP contribution in [0.3, 0.4) is 0 Å². The lowest BCUT2D eigenvalue weighted by Crippen LogP contribution is -2.57. The van der Waals surface area contributed by atoms with Crippen molar-refractivity contribution >= 4 is 62.0 Å². The molecule has 166 valence electrons. The maximum Gasteiger partial charge on any atom is 0.343 e. The van der Waals surface area contributed by atoms with Gasteiger partial charge in [-0.05, 0) is 59.8 Å². The third kappa shape index (κ3) is 3.82. The summed E-state index contributed by atoms with van der Waals surface area (Å²) in [6.45, 7) is 1.88. The number of amides is 4. The van der Waals surface area contributed by atoms with Crippen LogP contribution < -0.4 is 9.80 Å². The molecule has 0 saturated carbocycles. The quantitative estimate of drug-likeness (QED) is 0.233. The number of urea groups is 1. The van der Waals surface area contributed by atoms with E-state index in [9.17, 15) is 14.4 Å². The number of barbiturate groups is 1. The van der Waals surface area contributed by atoms with Crippen LogP contribution in [-0.4, -0.2) is 17.8 Å². The number of aryl methyl sites for hydroxylation is 1. The van der Waals surface area contributed by atoms with Gasteiger partial charge in [0.2, 0.25) is 0 Å². The summed E-state index contributed by atoms with van der Waals surface area (Å²) < 4.78 is 0.880. The molecule has 34 heavy (non-hydrogen) atoms. The van der Waals surface area contributed by atoms with Crippen molar-refractivity contribution in [1.29, 1.82) is 0 Å². The smallest absolute Gasteiger partial charge is 0.268 e. The van der Waals surface area contributed by atoms with Gasteiger partial charge >= 0.3 is 6.03 Å². The minimum absolute atomic E-state index is 0.0867. The Bertz CT molecular complexity index is 1490. The van der Waals surface area contributed by atoms with Gasteiger partial charge in [-0.2, -0.15) is 0 Å². The second-order valence-corrected chi connectivity index (χ2v) is 8.93. The molecule has 1 aliphatic rings. The van der Waals surface area contributed by atoms with Crippen molar-refractivity contribution in [3.05, 3.63) is 112 Å². The fourth-order valence-electron chi connectivity index (χ4n) is 4.07. The van der Waals surface area contributed by atoms with Gasteiger partial charge in [0.15, 0.2) is 0 Å². The first-order valence-electron chi connectivity index (χ1n) is 10.7. The summed E-state index contributed by atoms with van der Waals surface area (Å²) in [7, 11) is 0. The largest absolute Gasteiger partial charge is 0.343 e. The Morgan fingerprint density at radius 1 is 0.735 bits per heavy atom. The Morgan fingerprint density at radius 3 is 2.18 bits per heavy atom. The summed E-state index contributed by atoms with van der Waals surface area (Å²) >= 11 is 3.40. The summed E-state index contributed by atoms with van der Waals surface area (Å²) in [5, 5.41) is 1.63. The predicted octanol–water partition coefficient (Wildman–Crippen LogP) is 6.49. The number of halogens is 1. The van der Waals surface area contributed by atoms with Crippen LogP contribution in [0, 0.1) is 6.92 Å². The molecular weight excluding hydrogens is 492 g/mol. The second-order valence-electron chi connectivity index (χ2n) is 8.01. The first-order valence-corrected chi connectivity index (χ1v) is 11.5. The number of rotatable bonds is 3. The lowest BCUT2D eigenvalue weighted by molar-refractivity contribution is -0.121. The molecule has 1 aliphatic heterocycles. The molecule has 4 amide bonds. The van der Waals surface area contributed by atoms with Gasteiger partial charge in [-0.15, -0.1) is 0 Å². The minimum atomic E-state index is -0.704. The van der Waals surface area contributed by atoms with Crippen molar-refractivity contribution in [2.75, 3.05) is 9.80 Å². The normalized spacial score (nSPS) is 15.5. The number of nitrogens with zero attached hydrogens (tertiary/aromatic N) is 2. The monoisotopic (exact) mass is 510 g/mol. The third-order valence-electron chi connectivity index (χ3n) is 5.70. The molecule has 5 rings (SSSR count). The van der Waals surface area contributed by atoms with E-state index in [0.29, 0.717) is 16.9 Å². The van der Waals surface area contributed by atoms with E-state index in [4.69, 9.17) is 0 Å². The number of carbonyl (C=O) groups excluding carboxylic acids is 3. The van der Waals surface area contributed by atoms with Crippen LogP contribution in [-0.2, 0) is 9.59 Å². The minimum Gasteiger partial charge on any atom is -0.268 e. The maximum absolute atomic E-state index is 13.7. The zero-order valence-electron chi connectivity index (χ0n) is 18.2. The first-order chi connectivity index (χ1) is 16.4. The molecule has 0 aliphatic carbocycles. The highest BCUT2D eigenvalue weighted by atomic mass is 79.9. The molecular formula is C28H19BrN2O3. The van der Waals surface area contributed by atoms with E-state index < -0.39 is 17.8 Å².